The van der Waals surface area contributed by atoms with Crippen LogP contribution in [0.25, 0.3) is 0 Å². The predicted octanol–water partition coefficient (Wildman–Crippen LogP) is 1.30. The van der Waals surface area contributed by atoms with Crippen molar-refractivity contribution in [2.75, 3.05) is 6.61 Å². The van der Waals surface area contributed by atoms with Crippen LogP contribution in [0, 0.1) is 5.92 Å². The lowest BCUT2D eigenvalue weighted by Gasteiger charge is -2.17. The molecule has 3 N–H and O–H groups in total. The average molecular weight is 157 g/mol. The first-order valence-electron chi connectivity index (χ1n) is 4.13. The fourth-order valence-electron chi connectivity index (χ4n) is 0.931. The molecule has 0 spiro atoms. The molecule has 0 bridgehead atoms. The Balaban J connectivity index is 3.71. The Labute approximate surface area is 69.1 Å². The number of aliphatic hydroxyl groups is 1. The normalized spacial score (nSPS) is 16.0. The third kappa shape index (κ3) is 4.17. The van der Waals surface area contributed by atoms with Crippen LogP contribution in [-0.2, 0) is 0 Å². The molecule has 0 aliphatic carbocycles. The monoisotopic (exact) mass is 157 g/mol. The molecule has 0 saturated heterocycles. The van der Waals surface area contributed by atoms with Crippen molar-refractivity contribution in [3.8, 4) is 0 Å². The highest BCUT2D eigenvalue weighted by Gasteiger charge is 2.10. The molecule has 2 nitrogen and oxygen atoms in total. The third-order valence-corrected chi connectivity index (χ3v) is 2.06. The average Bonchev–Trinajstić information content (AvgIpc) is 1.99. The van der Waals surface area contributed by atoms with E-state index in [-0.39, 0.29) is 12.6 Å². The van der Waals surface area contributed by atoms with Gasteiger partial charge in [0.2, 0.25) is 0 Å². The Hall–Kier alpha value is -0.340. The minimum absolute atomic E-state index is 0.0482. The van der Waals surface area contributed by atoms with Crippen LogP contribution < -0.4 is 5.73 Å². The second kappa shape index (κ2) is 5.33. The van der Waals surface area contributed by atoms with E-state index < -0.39 is 0 Å². The van der Waals surface area contributed by atoms with Crippen molar-refractivity contribution >= 4 is 0 Å². The van der Waals surface area contributed by atoms with E-state index >= 15 is 0 Å². The quantitative estimate of drug-likeness (QED) is 0.591. The van der Waals surface area contributed by atoms with Gasteiger partial charge in [0.05, 0.1) is 0 Å². The van der Waals surface area contributed by atoms with Crippen molar-refractivity contribution in [1.82, 2.24) is 0 Å². The van der Waals surface area contributed by atoms with Crippen LogP contribution in [0.5, 0.6) is 0 Å². The van der Waals surface area contributed by atoms with Gasteiger partial charge in [-0.05, 0) is 19.3 Å². The minimum atomic E-state index is 0.0482. The summed E-state index contributed by atoms with van der Waals surface area (Å²) in [5, 5.41) is 8.87. The fraction of sp³-hybridized carbons (Fsp3) is 0.778. The van der Waals surface area contributed by atoms with Gasteiger partial charge in [-0.3, -0.25) is 0 Å². The Morgan fingerprint density at radius 1 is 1.64 bits per heavy atom. The molecule has 0 aromatic carbocycles. The van der Waals surface area contributed by atoms with Gasteiger partial charge in [-0.1, -0.05) is 25.5 Å². The largest absolute Gasteiger partial charge is 0.396 e. The lowest BCUT2D eigenvalue weighted by Crippen LogP contribution is -2.25. The summed E-state index contributed by atoms with van der Waals surface area (Å²) in [6.07, 6.45) is 1.83. The van der Waals surface area contributed by atoms with E-state index in [1.165, 1.54) is 0 Å². The van der Waals surface area contributed by atoms with Crippen molar-refractivity contribution in [2.45, 2.75) is 32.7 Å². The van der Waals surface area contributed by atoms with E-state index in [4.69, 9.17) is 10.8 Å². The van der Waals surface area contributed by atoms with Gasteiger partial charge >= 0.3 is 0 Å². The number of rotatable bonds is 5. The Morgan fingerprint density at radius 3 is 2.45 bits per heavy atom. The molecule has 0 amide bonds. The second-order valence-electron chi connectivity index (χ2n) is 3.15. The lowest BCUT2D eigenvalue weighted by molar-refractivity contribution is 0.211. The van der Waals surface area contributed by atoms with E-state index in [1.54, 1.807) is 0 Å². The van der Waals surface area contributed by atoms with Gasteiger partial charge in [-0.2, -0.15) is 0 Å². The Morgan fingerprint density at radius 2 is 2.18 bits per heavy atom. The van der Waals surface area contributed by atoms with Gasteiger partial charge < -0.3 is 10.8 Å². The van der Waals surface area contributed by atoms with Crippen LogP contribution in [0.1, 0.15) is 26.7 Å². The Bertz CT molecular complexity index is 119. The van der Waals surface area contributed by atoms with E-state index in [2.05, 4.69) is 13.5 Å². The van der Waals surface area contributed by atoms with Gasteiger partial charge in [-0.15, -0.1) is 0 Å². The lowest BCUT2D eigenvalue weighted by atomic mass is 9.95. The summed E-state index contributed by atoms with van der Waals surface area (Å²) >= 11 is 0. The van der Waals surface area contributed by atoms with Crippen molar-refractivity contribution < 1.29 is 5.11 Å². The molecule has 0 saturated carbocycles. The number of hydrogen-bond acceptors (Lipinski definition) is 2. The summed E-state index contributed by atoms with van der Waals surface area (Å²) in [6.45, 7) is 7.99. The van der Waals surface area contributed by atoms with E-state index in [9.17, 15) is 0 Å². The predicted molar refractivity (Wildman–Crippen MR) is 48.3 cm³/mol. The summed E-state index contributed by atoms with van der Waals surface area (Å²) in [5.41, 5.74) is 6.76. The standard InChI is InChI=1S/C9H19NO/c1-4-8(6-11)5-9(10)7(2)3/h8-9,11H,2,4-6,10H2,1,3H3/t8?,9-/m0/s1. The van der Waals surface area contributed by atoms with Crippen molar-refractivity contribution in [3.63, 3.8) is 0 Å². The Kier molecular flexibility index (Phi) is 5.16. The molecule has 1 unspecified atom stereocenters. The van der Waals surface area contributed by atoms with Crippen LogP contribution >= 0.6 is 0 Å². The smallest absolute Gasteiger partial charge is 0.0459 e. The van der Waals surface area contributed by atoms with Crippen LogP contribution in [0.15, 0.2) is 12.2 Å². The fourth-order valence-corrected chi connectivity index (χ4v) is 0.931. The van der Waals surface area contributed by atoms with Crippen molar-refractivity contribution in [2.24, 2.45) is 11.7 Å². The zero-order valence-corrected chi connectivity index (χ0v) is 7.51. The van der Waals surface area contributed by atoms with Gasteiger partial charge in [0, 0.05) is 12.6 Å². The highest BCUT2D eigenvalue weighted by molar-refractivity contribution is 4.99. The molecule has 0 fully saturated rings. The van der Waals surface area contributed by atoms with Gasteiger partial charge in [0.1, 0.15) is 0 Å². The van der Waals surface area contributed by atoms with Crippen molar-refractivity contribution in [1.29, 1.82) is 0 Å². The maximum Gasteiger partial charge on any atom is 0.0459 e. The maximum atomic E-state index is 8.87. The molecule has 0 radical (unpaired) electrons. The summed E-state index contributed by atoms with van der Waals surface area (Å²) in [4.78, 5) is 0. The van der Waals surface area contributed by atoms with Crippen LogP contribution in [0.2, 0.25) is 0 Å². The first-order chi connectivity index (χ1) is 5.11. The van der Waals surface area contributed by atoms with E-state index in [1.807, 2.05) is 6.92 Å². The van der Waals surface area contributed by atoms with Crippen molar-refractivity contribution in [3.05, 3.63) is 12.2 Å². The second-order valence-corrected chi connectivity index (χ2v) is 3.15. The molecule has 66 valence electrons. The van der Waals surface area contributed by atoms with Gasteiger partial charge in [0.15, 0.2) is 0 Å². The zero-order valence-electron chi connectivity index (χ0n) is 7.51. The molecular formula is C9H19NO. The summed E-state index contributed by atoms with van der Waals surface area (Å²) < 4.78 is 0. The molecular weight excluding hydrogens is 138 g/mol. The topological polar surface area (TPSA) is 46.2 Å². The molecule has 0 aliphatic heterocycles. The van der Waals surface area contributed by atoms with Crippen LogP contribution in [-0.4, -0.2) is 17.8 Å². The molecule has 11 heavy (non-hydrogen) atoms. The molecule has 0 heterocycles. The highest BCUT2D eigenvalue weighted by atomic mass is 16.3. The molecule has 0 rings (SSSR count). The van der Waals surface area contributed by atoms with Gasteiger partial charge in [-0.25, -0.2) is 0 Å². The number of aliphatic hydroxyl groups excluding tert-OH is 1. The first-order valence-corrected chi connectivity index (χ1v) is 4.13. The van der Waals surface area contributed by atoms with E-state index in [0.717, 1.165) is 18.4 Å². The van der Waals surface area contributed by atoms with Crippen LogP contribution in [0.3, 0.4) is 0 Å². The highest BCUT2D eigenvalue weighted by Crippen LogP contribution is 2.12. The zero-order chi connectivity index (χ0) is 8.85. The summed E-state index contributed by atoms with van der Waals surface area (Å²) in [5.74, 6) is 0.335. The molecule has 0 aromatic rings. The molecule has 2 heteroatoms. The first kappa shape index (κ1) is 10.7. The number of hydrogen-bond donors (Lipinski definition) is 2. The van der Waals surface area contributed by atoms with Gasteiger partial charge in [0.25, 0.3) is 0 Å². The van der Waals surface area contributed by atoms with Crippen LogP contribution in [0.4, 0.5) is 0 Å². The SMILES string of the molecule is C=C(C)[C@@H](N)CC(CC)CO. The van der Waals surface area contributed by atoms with E-state index in [0.29, 0.717) is 5.92 Å². The molecule has 0 aromatic heterocycles. The number of nitrogens with two attached hydrogens (primary N) is 1. The molecule has 0 aliphatic rings. The maximum absolute atomic E-state index is 8.87. The summed E-state index contributed by atoms with van der Waals surface area (Å²) in [6, 6.07) is 0.0482. The third-order valence-electron chi connectivity index (χ3n) is 2.06. The molecule has 2 atom stereocenters. The minimum Gasteiger partial charge on any atom is -0.396 e. The summed E-state index contributed by atoms with van der Waals surface area (Å²) in [7, 11) is 0.